The number of phenolic OH excluding ortho intramolecular Hbond substituents is 2. The van der Waals surface area contributed by atoms with E-state index in [0.29, 0.717) is 11.1 Å². The molecule has 0 heterocycles. The molecule has 24 heavy (non-hydrogen) atoms. The first kappa shape index (κ1) is 19.0. The summed E-state index contributed by atoms with van der Waals surface area (Å²) in [4.78, 5) is 0. The van der Waals surface area contributed by atoms with Crippen molar-refractivity contribution in [3.8, 4) is 22.6 Å². The number of phenols is 2. The van der Waals surface area contributed by atoms with Crippen molar-refractivity contribution in [3.05, 3.63) is 45.4 Å². The molecule has 0 unspecified atom stereocenters. The Morgan fingerprint density at radius 1 is 0.625 bits per heavy atom. The summed E-state index contributed by atoms with van der Waals surface area (Å²) in [6.07, 6.45) is 0. The first-order valence-electron chi connectivity index (χ1n) is 7.88. The van der Waals surface area contributed by atoms with Crippen molar-refractivity contribution in [2.45, 2.75) is 52.4 Å². The molecule has 130 valence electrons. The Bertz CT molecular complexity index is 714. The van der Waals surface area contributed by atoms with Crippen molar-refractivity contribution in [2.24, 2.45) is 0 Å². The van der Waals surface area contributed by atoms with E-state index in [1.165, 1.54) is 0 Å². The van der Waals surface area contributed by atoms with Gasteiger partial charge in [-0.1, -0.05) is 64.7 Å². The van der Waals surface area contributed by atoms with Crippen LogP contribution in [0.4, 0.5) is 0 Å². The van der Waals surface area contributed by atoms with E-state index < -0.39 is 0 Å². The molecule has 0 spiro atoms. The van der Waals surface area contributed by atoms with E-state index in [0.717, 1.165) is 11.1 Å². The van der Waals surface area contributed by atoms with Crippen LogP contribution in [0.1, 0.15) is 52.7 Å². The van der Waals surface area contributed by atoms with Gasteiger partial charge in [0.1, 0.15) is 11.5 Å². The topological polar surface area (TPSA) is 40.5 Å². The van der Waals surface area contributed by atoms with E-state index in [9.17, 15) is 10.2 Å². The van der Waals surface area contributed by atoms with Gasteiger partial charge in [0.05, 0.1) is 10.0 Å². The van der Waals surface area contributed by atoms with Crippen LogP contribution in [-0.4, -0.2) is 10.2 Å². The Morgan fingerprint density at radius 2 is 0.917 bits per heavy atom. The van der Waals surface area contributed by atoms with Crippen molar-refractivity contribution >= 4 is 23.2 Å². The standard InChI is InChI=1S/C20H24Cl2O2/c1-19(2,3)11-7-13(17(23)15(21)9-11)14-8-12(20(4,5)6)10-16(22)18(14)24/h7-10,23-24H,1-6H3. The number of hydrogen-bond donors (Lipinski definition) is 2. The van der Waals surface area contributed by atoms with Gasteiger partial charge in [0.2, 0.25) is 0 Å². The highest BCUT2D eigenvalue weighted by Crippen LogP contribution is 2.46. The number of hydrogen-bond acceptors (Lipinski definition) is 2. The molecule has 4 heteroatoms. The highest BCUT2D eigenvalue weighted by molar-refractivity contribution is 6.33. The third-order valence-electron chi connectivity index (χ3n) is 4.15. The maximum absolute atomic E-state index is 10.5. The monoisotopic (exact) mass is 366 g/mol. The molecule has 0 aromatic heterocycles. The molecule has 0 atom stereocenters. The number of benzene rings is 2. The largest absolute Gasteiger partial charge is 0.506 e. The molecular formula is C20H24Cl2O2. The zero-order valence-electron chi connectivity index (χ0n) is 15.0. The molecule has 2 aromatic carbocycles. The Labute approximate surface area is 154 Å². The lowest BCUT2D eigenvalue weighted by molar-refractivity contribution is 0.468. The van der Waals surface area contributed by atoms with Crippen LogP contribution < -0.4 is 0 Å². The zero-order valence-corrected chi connectivity index (χ0v) is 16.5. The normalized spacial score (nSPS) is 12.5. The molecule has 0 saturated carbocycles. The lowest BCUT2D eigenvalue weighted by Gasteiger charge is -2.24. The van der Waals surface area contributed by atoms with Crippen LogP contribution in [0.5, 0.6) is 11.5 Å². The summed E-state index contributed by atoms with van der Waals surface area (Å²) >= 11 is 12.5. The van der Waals surface area contributed by atoms with E-state index in [2.05, 4.69) is 41.5 Å². The first-order valence-corrected chi connectivity index (χ1v) is 8.64. The Kier molecular flexibility index (Phi) is 4.87. The molecular weight excluding hydrogens is 343 g/mol. The number of rotatable bonds is 1. The summed E-state index contributed by atoms with van der Waals surface area (Å²) in [6.45, 7) is 12.4. The van der Waals surface area contributed by atoms with Crippen LogP contribution in [-0.2, 0) is 10.8 Å². The fourth-order valence-electron chi connectivity index (χ4n) is 2.47. The first-order chi connectivity index (χ1) is 10.8. The van der Waals surface area contributed by atoms with Gasteiger partial charge in [-0.25, -0.2) is 0 Å². The highest BCUT2D eigenvalue weighted by Gasteiger charge is 2.23. The van der Waals surface area contributed by atoms with E-state index in [-0.39, 0.29) is 32.4 Å². The lowest BCUT2D eigenvalue weighted by Crippen LogP contribution is -2.12. The smallest absolute Gasteiger partial charge is 0.142 e. The quantitative estimate of drug-likeness (QED) is 0.591. The molecule has 0 saturated heterocycles. The van der Waals surface area contributed by atoms with Gasteiger partial charge >= 0.3 is 0 Å². The van der Waals surface area contributed by atoms with Gasteiger partial charge in [0.15, 0.2) is 0 Å². The summed E-state index contributed by atoms with van der Waals surface area (Å²) in [5.41, 5.74) is 2.62. The second kappa shape index (κ2) is 6.16. The summed E-state index contributed by atoms with van der Waals surface area (Å²) in [7, 11) is 0. The zero-order chi connectivity index (χ0) is 18.4. The van der Waals surface area contributed by atoms with Crippen molar-refractivity contribution in [1.82, 2.24) is 0 Å². The molecule has 2 nitrogen and oxygen atoms in total. The SMILES string of the molecule is CC(C)(C)c1cc(Cl)c(O)c(-c2cc(C(C)(C)C)cc(Cl)c2O)c1. The second-order valence-corrected chi connectivity index (χ2v) is 9.02. The molecule has 0 bridgehead atoms. The number of halogens is 2. The average Bonchev–Trinajstić information content (AvgIpc) is 2.42. The third kappa shape index (κ3) is 3.65. The van der Waals surface area contributed by atoms with Gasteiger partial charge < -0.3 is 10.2 Å². The lowest BCUT2D eigenvalue weighted by atomic mass is 9.83. The van der Waals surface area contributed by atoms with E-state index in [1.807, 2.05) is 12.1 Å². The summed E-state index contributed by atoms with van der Waals surface area (Å²) in [6, 6.07) is 7.23. The Hall–Kier alpha value is -1.38. The molecule has 0 aliphatic heterocycles. The van der Waals surface area contributed by atoms with Crippen LogP contribution in [0.3, 0.4) is 0 Å². The van der Waals surface area contributed by atoms with Crippen molar-refractivity contribution < 1.29 is 10.2 Å². The average molecular weight is 367 g/mol. The molecule has 0 radical (unpaired) electrons. The van der Waals surface area contributed by atoms with Crippen LogP contribution >= 0.6 is 23.2 Å². The molecule has 0 amide bonds. The van der Waals surface area contributed by atoms with E-state index in [1.54, 1.807) is 12.1 Å². The van der Waals surface area contributed by atoms with Crippen molar-refractivity contribution in [3.63, 3.8) is 0 Å². The summed E-state index contributed by atoms with van der Waals surface area (Å²) < 4.78 is 0. The van der Waals surface area contributed by atoms with Crippen LogP contribution in [0.25, 0.3) is 11.1 Å². The van der Waals surface area contributed by atoms with Crippen LogP contribution in [0, 0.1) is 0 Å². The molecule has 2 N–H and O–H groups in total. The maximum atomic E-state index is 10.5. The van der Waals surface area contributed by atoms with Crippen molar-refractivity contribution in [1.29, 1.82) is 0 Å². The van der Waals surface area contributed by atoms with Gasteiger partial charge in [-0.2, -0.15) is 0 Å². The molecule has 0 fully saturated rings. The summed E-state index contributed by atoms with van der Waals surface area (Å²) in [5.74, 6) is -0.107. The minimum absolute atomic E-state index is 0.0536. The third-order valence-corrected chi connectivity index (χ3v) is 4.73. The van der Waals surface area contributed by atoms with Crippen LogP contribution in [0.2, 0.25) is 10.0 Å². The van der Waals surface area contributed by atoms with E-state index >= 15 is 0 Å². The fraction of sp³-hybridized carbons (Fsp3) is 0.400. The summed E-state index contributed by atoms with van der Waals surface area (Å²) in [5, 5.41) is 21.4. The van der Waals surface area contributed by atoms with E-state index in [4.69, 9.17) is 23.2 Å². The predicted octanol–water partition coefficient (Wildman–Crippen LogP) is 6.67. The Balaban J connectivity index is 2.81. The minimum atomic E-state index is -0.146. The number of aromatic hydroxyl groups is 2. The predicted molar refractivity (Wildman–Crippen MR) is 103 cm³/mol. The fourth-order valence-corrected chi connectivity index (χ4v) is 2.91. The highest BCUT2D eigenvalue weighted by atomic mass is 35.5. The van der Waals surface area contributed by atoms with Crippen molar-refractivity contribution in [2.75, 3.05) is 0 Å². The Morgan fingerprint density at radius 3 is 1.17 bits per heavy atom. The molecule has 2 aromatic rings. The second-order valence-electron chi connectivity index (χ2n) is 8.21. The molecule has 0 aliphatic rings. The van der Waals surface area contributed by atoms with Gasteiger partial charge in [-0.3, -0.25) is 0 Å². The van der Waals surface area contributed by atoms with Gasteiger partial charge in [0.25, 0.3) is 0 Å². The van der Waals surface area contributed by atoms with Gasteiger partial charge in [-0.05, 0) is 46.2 Å². The van der Waals surface area contributed by atoms with Crippen LogP contribution in [0.15, 0.2) is 24.3 Å². The minimum Gasteiger partial charge on any atom is -0.506 e. The maximum Gasteiger partial charge on any atom is 0.142 e. The van der Waals surface area contributed by atoms with Gasteiger partial charge in [0, 0.05) is 11.1 Å². The molecule has 0 aliphatic carbocycles. The van der Waals surface area contributed by atoms with Gasteiger partial charge in [-0.15, -0.1) is 0 Å². The molecule has 2 rings (SSSR count).